The zero-order chi connectivity index (χ0) is 20.8. The first-order valence-electron chi connectivity index (χ1n) is 8.99. The van der Waals surface area contributed by atoms with Crippen molar-refractivity contribution in [3.05, 3.63) is 72.8 Å². The van der Waals surface area contributed by atoms with Gasteiger partial charge in [0.2, 0.25) is 0 Å². The highest BCUT2D eigenvalue weighted by molar-refractivity contribution is 5.79. The van der Waals surface area contributed by atoms with E-state index in [0.29, 0.717) is 46.5 Å². The van der Waals surface area contributed by atoms with Crippen molar-refractivity contribution in [1.82, 2.24) is 0 Å². The van der Waals surface area contributed by atoms with Gasteiger partial charge in [0.05, 0.1) is 18.6 Å². The largest absolute Gasteiger partial charge is 0.507 e. The van der Waals surface area contributed by atoms with Crippen molar-refractivity contribution in [2.24, 2.45) is 0 Å². The van der Waals surface area contributed by atoms with E-state index in [2.05, 4.69) is 13.2 Å². The molecule has 0 spiro atoms. The van der Waals surface area contributed by atoms with Gasteiger partial charge in [-0.15, -0.1) is 0 Å². The Bertz CT molecular complexity index is 960. The van der Waals surface area contributed by atoms with Crippen LogP contribution in [0.4, 0.5) is 0 Å². The summed E-state index contributed by atoms with van der Waals surface area (Å²) in [6.07, 6.45) is 5.64. The SMILES string of the molecule is C=CCOc1cc(O)c2c(c1)OC(c1ccc(OC)c(OCC=C)c1)=CC2C=O. The summed E-state index contributed by atoms with van der Waals surface area (Å²) in [5.74, 6) is 1.58. The zero-order valence-electron chi connectivity index (χ0n) is 16.1. The maximum absolute atomic E-state index is 11.7. The first-order chi connectivity index (χ1) is 14.1. The fraction of sp³-hybridized carbons (Fsp3) is 0.174. The summed E-state index contributed by atoms with van der Waals surface area (Å²) in [6.45, 7) is 7.84. The molecule has 0 aliphatic carbocycles. The Morgan fingerprint density at radius 1 is 1.10 bits per heavy atom. The standard InChI is InChI=1S/C23H22O6/c1-4-8-27-17-12-18(25)23-16(14-24)11-20(29-22(23)13-17)15-6-7-19(26-3)21(10-15)28-9-5-2/h4-7,10-14,16,25H,1-2,8-9H2,3H3. The summed E-state index contributed by atoms with van der Waals surface area (Å²) in [6, 6.07) is 8.41. The molecule has 0 amide bonds. The molecule has 0 saturated carbocycles. The van der Waals surface area contributed by atoms with Gasteiger partial charge in [-0.3, -0.25) is 0 Å². The van der Waals surface area contributed by atoms with Crippen LogP contribution in [0.25, 0.3) is 5.76 Å². The molecular weight excluding hydrogens is 372 g/mol. The summed E-state index contributed by atoms with van der Waals surface area (Å²) in [7, 11) is 1.55. The Balaban J connectivity index is 2.00. The first-order valence-corrected chi connectivity index (χ1v) is 8.99. The minimum Gasteiger partial charge on any atom is -0.507 e. The summed E-state index contributed by atoms with van der Waals surface area (Å²) in [5, 5.41) is 10.4. The van der Waals surface area contributed by atoms with Crippen molar-refractivity contribution in [2.45, 2.75) is 5.92 Å². The predicted octanol–water partition coefficient (Wildman–Crippen LogP) is 4.25. The molecule has 0 fully saturated rings. The van der Waals surface area contributed by atoms with E-state index < -0.39 is 5.92 Å². The molecule has 0 bridgehead atoms. The molecule has 2 aromatic rings. The van der Waals surface area contributed by atoms with Crippen molar-refractivity contribution in [3.8, 4) is 28.7 Å². The van der Waals surface area contributed by atoms with Crippen LogP contribution in [0, 0.1) is 0 Å². The zero-order valence-corrected chi connectivity index (χ0v) is 16.1. The van der Waals surface area contributed by atoms with E-state index in [0.717, 1.165) is 6.29 Å². The third-order valence-corrected chi connectivity index (χ3v) is 4.30. The highest BCUT2D eigenvalue weighted by Gasteiger charge is 2.27. The van der Waals surface area contributed by atoms with Gasteiger partial charge in [-0.25, -0.2) is 0 Å². The highest BCUT2D eigenvalue weighted by Crippen LogP contribution is 2.44. The molecule has 0 radical (unpaired) electrons. The van der Waals surface area contributed by atoms with Crippen molar-refractivity contribution in [1.29, 1.82) is 0 Å². The van der Waals surface area contributed by atoms with Gasteiger partial charge in [0.25, 0.3) is 0 Å². The summed E-state index contributed by atoms with van der Waals surface area (Å²) in [5.41, 5.74) is 1.09. The number of allylic oxidation sites excluding steroid dienone is 1. The Morgan fingerprint density at radius 3 is 2.55 bits per heavy atom. The summed E-state index contributed by atoms with van der Waals surface area (Å²) >= 11 is 0. The Morgan fingerprint density at radius 2 is 1.86 bits per heavy atom. The molecule has 0 saturated heterocycles. The molecule has 1 aliphatic rings. The lowest BCUT2D eigenvalue weighted by Crippen LogP contribution is -2.11. The number of aldehydes is 1. The van der Waals surface area contributed by atoms with Crippen LogP contribution in [0.5, 0.6) is 28.7 Å². The van der Waals surface area contributed by atoms with E-state index in [4.69, 9.17) is 18.9 Å². The average molecular weight is 394 g/mol. The van der Waals surface area contributed by atoms with Crippen LogP contribution < -0.4 is 18.9 Å². The third-order valence-electron chi connectivity index (χ3n) is 4.30. The lowest BCUT2D eigenvalue weighted by atomic mass is 9.94. The molecule has 6 nitrogen and oxygen atoms in total. The van der Waals surface area contributed by atoms with Crippen molar-refractivity contribution in [2.75, 3.05) is 20.3 Å². The van der Waals surface area contributed by atoms with Gasteiger partial charge in [-0.1, -0.05) is 25.3 Å². The second-order valence-electron chi connectivity index (χ2n) is 6.21. The number of carbonyl (C=O) groups excluding carboxylic acids is 1. The number of benzene rings is 2. The minimum absolute atomic E-state index is 0.0706. The number of carbonyl (C=O) groups is 1. The van der Waals surface area contributed by atoms with E-state index in [1.807, 2.05) is 0 Å². The van der Waals surface area contributed by atoms with Crippen molar-refractivity contribution >= 4 is 12.0 Å². The Labute approximate surface area is 169 Å². The van der Waals surface area contributed by atoms with Gasteiger partial charge in [0.1, 0.15) is 42.5 Å². The molecule has 2 aromatic carbocycles. The van der Waals surface area contributed by atoms with Crippen LogP contribution >= 0.6 is 0 Å². The smallest absolute Gasteiger partial charge is 0.162 e. The normalized spacial score (nSPS) is 14.7. The number of aromatic hydroxyl groups is 1. The second-order valence-corrected chi connectivity index (χ2v) is 6.21. The average Bonchev–Trinajstić information content (AvgIpc) is 2.75. The molecule has 1 aliphatic heterocycles. The number of ether oxygens (including phenoxy) is 4. The van der Waals surface area contributed by atoms with Gasteiger partial charge < -0.3 is 28.8 Å². The van der Waals surface area contributed by atoms with Crippen LogP contribution in [-0.4, -0.2) is 31.7 Å². The number of methoxy groups -OCH3 is 1. The van der Waals surface area contributed by atoms with Gasteiger partial charge in [0, 0.05) is 17.7 Å². The number of hydrogen-bond donors (Lipinski definition) is 1. The van der Waals surface area contributed by atoms with Gasteiger partial charge in [-0.2, -0.15) is 0 Å². The number of phenolic OH excluding ortho intramolecular Hbond substituents is 1. The lowest BCUT2D eigenvalue weighted by Gasteiger charge is -2.24. The topological polar surface area (TPSA) is 74.2 Å². The van der Waals surface area contributed by atoms with E-state index >= 15 is 0 Å². The van der Waals surface area contributed by atoms with Crippen molar-refractivity contribution < 1.29 is 28.8 Å². The Kier molecular flexibility index (Phi) is 6.24. The molecule has 6 heteroatoms. The molecule has 1 unspecified atom stereocenters. The van der Waals surface area contributed by atoms with E-state index in [1.54, 1.807) is 49.6 Å². The highest BCUT2D eigenvalue weighted by atomic mass is 16.5. The first kappa shape index (κ1) is 20.1. The third kappa shape index (κ3) is 4.27. The fourth-order valence-electron chi connectivity index (χ4n) is 3.00. The quantitative estimate of drug-likeness (QED) is 0.506. The molecule has 150 valence electrons. The number of fused-ring (bicyclic) bond motifs is 1. The maximum Gasteiger partial charge on any atom is 0.162 e. The second kappa shape index (κ2) is 9.01. The number of phenols is 1. The van der Waals surface area contributed by atoms with E-state index in [9.17, 15) is 9.90 Å². The van der Waals surface area contributed by atoms with E-state index in [1.165, 1.54) is 6.07 Å². The Hall–Kier alpha value is -3.67. The van der Waals surface area contributed by atoms with Crippen LogP contribution in [0.3, 0.4) is 0 Å². The van der Waals surface area contributed by atoms with Crippen molar-refractivity contribution in [3.63, 3.8) is 0 Å². The number of rotatable bonds is 9. The number of hydrogen-bond acceptors (Lipinski definition) is 6. The maximum atomic E-state index is 11.7. The molecule has 1 N–H and O–H groups in total. The molecule has 29 heavy (non-hydrogen) atoms. The van der Waals surface area contributed by atoms with Crippen LogP contribution in [-0.2, 0) is 4.79 Å². The lowest BCUT2D eigenvalue weighted by molar-refractivity contribution is -0.108. The molecule has 0 aromatic heterocycles. The van der Waals surface area contributed by atoms with Crippen LogP contribution in [0.2, 0.25) is 0 Å². The van der Waals surface area contributed by atoms with Crippen LogP contribution in [0.1, 0.15) is 17.0 Å². The molecule has 1 atom stereocenters. The molecule has 1 heterocycles. The molecule has 3 rings (SSSR count). The monoisotopic (exact) mass is 394 g/mol. The minimum atomic E-state index is -0.665. The summed E-state index contributed by atoms with van der Waals surface area (Å²) < 4.78 is 22.5. The van der Waals surface area contributed by atoms with Gasteiger partial charge in [-0.05, 0) is 24.3 Å². The van der Waals surface area contributed by atoms with Crippen LogP contribution in [0.15, 0.2) is 61.7 Å². The molecular formula is C23H22O6. The fourth-order valence-corrected chi connectivity index (χ4v) is 3.00. The van der Waals surface area contributed by atoms with E-state index in [-0.39, 0.29) is 12.4 Å². The predicted molar refractivity (Wildman–Crippen MR) is 110 cm³/mol. The van der Waals surface area contributed by atoms with Gasteiger partial charge in [0.15, 0.2) is 11.5 Å². The van der Waals surface area contributed by atoms with Gasteiger partial charge >= 0.3 is 0 Å². The summed E-state index contributed by atoms with van der Waals surface area (Å²) in [4.78, 5) is 11.7.